The number of aryl methyl sites for hydroxylation is 1. The van der Waals surface area contributed by atoms with Crippen molar-refractivity contribution in [2.45, 2.75) is 19.8 Å². The van der Waals surface area contributed by atoms with E-state index in [1.165, 1.54) is 18.3 Å². The molecular formula is C18H17N3O2S. The van der Waals surface area contributed by atoms with Crippen molar-refractivity contribution in [2.24, 2.45) is 0 Å². The van der Waals surface area contributed by atoms with Gasteiger partial charge in [-0.1, -0.05) is 29.5 Å². The highest BCUT2D eigenvalue weighted by Gasteiger charge is 2.10. The summed E-state index contributed by atoms with van der Waals surface area (Å²) in [6.45, 7) is 1.49. The zero-order valence-electron chi connectivity index (χ0n) is 13.2. The first kappa shape index (κ1) is 16.1. The Hall–Kier alpha value is -2.73. The second kappa shape index (κ2) is 6.80. The van der Waals surface area contributed by atoms with Crippen LogP contribution in [0.15, 0.2) is 42.5 Å². The number of ketones is 1. The van der Waals surface area contributed by atoms with Gasteiger partial charge in [-0.2, -0.15) is 0 Å². The highest BCUT2D eigenvalue weighted by molar-refractivity contribution is 7.22. The number of hydrogen-bond acceptors (Lipinski definition) is 5. The molecule has 0 atom stereocenters. The molecule has 0 radical (unpaired) electrons. The molecule has 0 aliphatic carbocycles. The second-order valence-electron chi connectivity index (χ2n) is 5.50. The summed E-state index contributed by atoms with van der Waals surface area (Å²) >= 11 is 1.44. The van der Waals surface area contributed by atoms with Gasteiger partial charge in [0.2, 0.25) is 5.91 Å². The third-order valence-corrected chi connectivity index (χ3v) is 4.54. The minimum atomic E-state index is -0.118. The van der Waals surface area contributed by atoms with Crippen LogP contribution in [0.2, 0.25) is 0 Å². The summed E-state index contributed by atoms with van der Waals surface area (Å²) in [5.74, 6) is -0.188. The van der Waals surface area contributed by atoms with Gasteiger partial charge < -0.3 is 11.1 Å². The van der Waals surface area contributed by atoms with E-state index >= 15 is 0 Å². The largest absolute Gasteiger partial charge is 0.375 e. The Balaban J connectivity index is 1.65. The molecule has 3 aromatic rings. The van der Waals surface area contributed by atoms with E-state index in [0.29, 0.717) is 29.2 Å². The third kappa shape index (κ3) is 3.60. The molecule has 24 heavy (non-hydrogen) atoms. The summed E-state index contributed by atoms with van der Waals surface area (Å²) in [6.07, 6.45) is 0.952. The van der Waals surface area contributed by atoms with Crippen molar-refractivity contribution in [3.05, 3.63) is 53.6 Å². The molecular weight excluding hydrogens is 322 g/mol. The average molecular weight is 339 g/mol. The van der Waals surface area contributed by atoms with E-state index in [-0.39, 0.29) is 11.7 Å². The Kier molecular flexibility index (Phi) is 4.57. The van der Waals surface area contributed by atoms with Crippen LogP contribution < -0.4 is 11.1 Å². The molecule has 3 N–H and O–H groups in total. The fourth-order valence-corrected chi connectivity index (χ4v) is 3.31. The number of benzene rings is 2. The summed E-state index contributed by atoms with van der Waals surface area (Å²) in [6, 6.07) is 12.9. The van der Waals surface area contributed by atoms with E-state index < -0.39 is 0 Å². The maximum absolute atomic E-state index is 12.2. The topological polar surface area (TPSA) is 85.1 Å². The van der Waals surface area contributed by atoms with Gasteiger partial charge in [-0.3, -0.25) is 9.59 Å². The monoisotopic (exact) mass is 339 g/mol. The van der Waals surface area contributed by atoms with Crippen molar-refractivity contribution < 1.29 is 9.59 Å². The number of nitrogens with one attached hydrogen (secondary N) is 1. The smallest absolute Gasteiger partial charge is 0.224 e. The van der Waals surface area contributed by atoms with E-state index in [1.807, 2.05) is 18.2 Å². The number of anilines is 2. The van der Waals surface area contributed by atoms with Crippen LogP contribution in [0.25, 0.3) is 10.2 Å². The molecule has 2 aromatic carbocycles. The molecule has 0 aliphatic rings. The molecule has 0 spiro atoms. The van der Waals surface area contributed by atoms with Crippen molar-refractivity contribution in [3.8, 4) is 0 Å². The van der Waals surface area contributed by atoms with Gasteiger partial charge in [-0.05, 0) is 43.2 Å². The SMILES string of the molecule is CC(=O)c1ccccc1NC(=O)CCc1ccc2nc(N)sc2c1. The first-order valence-corrected chi connectivity index (χ1v) is 8.39. The number of amides is 1. The van der Waals surface area contributed by atoms with E-state index in [0.717, 1.165) is 15.8 Å². The van der Waals surface area contributed by atoms with Crippen LogP contribution in [-0.2, 0) is 11.2 Å². The van der Waals surface area contributed by atoms with Gasteiger partial charge in [0.1, 0.15) is 0 Å². The molecule has 1 aromatic heterocycles. The Bertz CT molecular complexity index is 918. The molecule has 0 aliphatic heterocycles. The molecule has 0 fully saturated rings. The number of rotatable bonds is 5. The first-order chi connectivity index (χ1) is 11.5. The fraction of sp³-hybridized carbons (Fsp3) is 0.167. The van der Waals surface area contributed by atoms with Gasteiger partial charge in [-0.15, -0.1) is 0 Å². The lowest BCUT2D eigenvalue weighted by atomic mass is 10.1. The fourth-order valence-electron chi connectivity index (χ4n) is 2.51. The predicted molar refractivity (Wildman–Crippen MR) is 97.4 cm³/mol. The maximum Gasteiger partial charge on any atom is 0.224 e. The highest BCUT2D eigenvalue weighted by atomic mass is 32.1. The minimum Gasteiger partial charge on any atom is -0.375 e. The van der Waals surface area contributed by atoms with Crippen molar-refractivity contribution >= 4 is 44.1 Å². The Morgan fingerprint density at radius 1 is 1.21 bits per heavy atom. The van der Waals surface area contributed by atoms with Gasteiger partial charge in [0.05, 0.1) is 15.9 Å². The number of fused-ring (bicyclic) bond motifs is 1. The number of nitrogens with two attached hydrogens (primary N) is 1. The van der Waals surface area contributed by atoms with E-state index in [1.54, 1.807) is 24.3 Å². The number of aromatic nitrogens is 1. The quantitative estimate of drug-likeness (QED) is 0.695. The zero-order valence-corrected chi connectivity index (χ0v) is 14.0. The van der Waals surface area contributed by atoms with E-state index in [9.17, 15) is 9.59 Å². The van der Waals surface area contributed by atoms with Crippen LogP contribution in [0.5, 0.6) is 0 Å². The lowest BCUT2D eigenvalue weighted by molar-refractivity contribution is -0.116. The van der Waals surface area contributed by atoms with E-state index in [4.69, 9.17) is 5.73 Å². The van der Waals surface area contributed by atoms with Crippen molar-refractivity contribution in [1.29, 1.82) is 0 Å². The number of thiazole rings is 1. The molecule has 0 saturated carbocycles. The van der Waals surface area contributed by atoms with Crippen LogP contribution in [0.4, 0.5) is 10.8 Å². The van der Waals surface area contributed by atoms with Gasteiger partial charge in [0.15, 0.2) is 10.9 Å². The van der Waals surface area contributed by atoms with Gasteiger partial charge >= 0.3 is 0 Å². The Morgan fingerprint density at radius 3 is 2.79 bits per heavy atom. The Morgan fingerprint density at radius 2 is 2.00 bits per heavy atom. The molecule has 5 nitrogen and oxygen atoms in total. The van der Waals surface area contributed by atoms with Gasteiger partial charge in [0.25, 0.3) is 0 Å². The number of nitrogen functional groups attached to an aromatic ring is 1. The summed E-state index contributed by atoms with van der Waals surface area (Å²) in [7, 11) is 0. The summed E-state index contributed by atoms with van der Waals surface area (Å²) < 4.78 is 1.02. The number of Topliss-reactive ketones (excluding diaryl/α,β-unsaturated/α-hetero) is 1. The minimum absolute atomic E-state index is 0.0702. The van der Waals surface area contributed by atoms with Gasteiger partial charge in [-0.25, -0.2) is 4.98 Å². The van der Waals surface area contributed by atoms with Crippen LogP contribution >= 0.6 is 11.3 Å². The third-order valence-electron chi connectivity index (χ3n) is 3.69. The van der Waals surface area contributed by atoms with Crippen LogP contribution in [0.1, 0.15) is 29.3 Å². The summed E-state index contributed by atoms with van der Waals surface area (Å²) in [5.41, 5.74) is 8.71. The normalized spacial score (nSPS) is 10.7. The number of para-hydroxylation sites is 1. The maximum atomic E-state index is 12.2. The van der Waals surface area contributed by atoms with Crippen LogP contribution in [-0.4, -0.2) is 16.7 Å². The second-order valence-corrected chi connectivity index (χ2v) is 6.57. The molecule has 1 heterocycles. The molecule has 0 unspecified atom stereocenters. The van der Waals surface area contributed by atoms with Crippen molar-refractivity contribution in [2.75, 3.05) is 11.1 Å². The Labute approximate surface area is 143 Å². The van der Waals surface area contributed by atoms with Gasteiger partial charge in [0, 0.05) is 12.0 Å². The first-order valence-electron chi connectivity index (χ1n) is 7.57. The number of carbonyl (C=O) groups is 2. The lowest BCUT2D eigenvalue weighted by Crippen LogP contribution is -2.14. The van der Waals surface area contributed by atoms with Crippen molar-refractivity contribution in [1.82, 2.24) is 4.98 Å². The molecule has 122 valence electrons. The summed E-state index contributed by atoms with van der Waals surface area (Å²) in [4.78, 5) is 28.0. The molecule has 0 saturated heterocycles. The van der Waals surface area contributed by atoms with Crippen molar-refractivity contribution in [3.63, 3.8) is 0 Å². The molecule has 0 bridgehead atoms. The molecule has 1 amide bonds. The van der Waals surface area contributed by atoms with Crippen LogP contribution in [0, 0.1) is 0 Å². The van der Waals surface area contributed by atoms with Crippen LogP contribution in [0.3, 0.4) is 0 Å². The lowest BCUT2D eigenvalue weighted by Gasteiger charge is -2.09. The average Bonchev–Trinajstić information content (AvgIpc) is 2.92. The zero-order chi connectivity index (χ0) is 17.1. The molecule has 3 rings (SSSR count). The predicted octanol–water partition coefficient (Wildman–Crippen LogP) is 3.65. The summed E-state index contributed by atoms with van der Waals surface area (Å²) in [5, 5.41) is 3.36. The number of hydrogen-bond donors (Lipinski definition) is 2. The number of nitrogens with zero attached hydrogens (tertiary/aromatic N) is 1. The molecule has 6 heteroatoms. The standard InChI is InChI=1S/C18H17N3O2S/c1-11(22)13-4-2-3-5-14(13)20-17(23)9-7-12-6-8-15-16(10-12)24-18(19)21-15/h2-6,8,10H,7,9H2,1H3,(H2,19,21)(H,20,23). The number of carbonyl (C=O) groups excluding carboxylic acids is 2. The highest BCUT2D eigenvalue weighted by Crippen LogP contribution is 2.25. The van der Waals surface area contributed by atoms with E-state index in [2.05, 4.69) is 10.3 Å².